The number of hydrogen-bond donors (Lipinski definition) is 1. The largest absolute Gasteiger partial charge is 0.406 e. The summed E-state index contributed by atoms with van der Waals surface area (Å²) in [6.07, 6.45) is -2.09. The van der Waals surface area contributed by atoms with Gasteiger partial charge in [0.25, 0.3) is 0 Å². The van der Waals surface area contributed by atoms with Crippen molar-refractivity contribution in [2.24, 2.45) is 11.7 Å². The highest BCUT2D eigenvalue weighted by molar-refractivity contribution is 5.87. The second-order valence-corrected chi connectivity index (χ2v) is 7.23. The Morgan fingerprint density at radius 1 is 1.31 bits per heavy atom. The van der Waals surface area contributed by atoms with E-state index in [1.807, 2.05) is 0 Å². The van der Waals surface area contributed by atoms with Crippen molar-refractivity contribution >= 4 is 11.8 Å². The SMILES string of the molecule is CCCN(CC(F)(F)F)C(=O)C1CCCN(C(=O)C2(N)CCOCC2)C1. The van der Waals surface area contributed by atoms with Crippen LogP contribution in [0.2, 0.25) is 0 Å². The fraction of sp³-hybridized carbons (Fsp3) is 0.882. The summed E-state index contributed by atoms with van der Waals surface area (Å²) in [6.45, 7) is 1.98. The predicted molar refractivity (Wildman–Crippen MR) is 89.2 cm³/mol. The van der Waals surface area contributed by atoms with Gasteiger partial charge in [-0.15, -0.1) is 0 Å². The first-order valence-electron chi connectivity index (χ1n) is 9.18. The minimum Gasteiger partial charge on any atom is -0.381 e. The number of amides is 2. The molecule has 2 aliphatic rings. The van der Waals surface area contributed by atoms with Gasteiger partial charge >= 0.3 is 6.18 Å². The molecule has 0 spiro atoms. The molecule has 6 nitrogen and oxygen atoms in total. The van der Waals surface area contributed by atoms with Gasteiger partial charge < -0.3 is 20.3 Å². The average Bonchev–Trinajstić information content (AvgIpc) is 2.59. The molecule has 2 rings (SSSR count). The lowest BCUT2D eigenvalue weighted by Gasteiger charge is -2.41. The molecule has 2 fully saturated rings. The van der Waals surface area contributed by atoms with Crippen molar-refractivity contribution in [2.45, 2.75) is 50.7 Å². The number of nitrogens with two attached hydrogens (primary N) is 1. The number of ether oxygens (including phenoxy) is 1. The number of alkyl halides is 3. The first kappa shape index (κ1) is 21.0. The summed E-state index contributed by atoms with van der Waals surface area (Å²) in [4.78, 5) is 27.9. The second-order valence-electron chi connectivity index (χ2n) is 7.23. The van der Waals surface area contributed by atoms with Crippen LogP contribution in [0.5, 0.6) is 0 Å². The maximum atomic E-state index is 12.8. The topological polar surface area (TPSA) is 75.9 Å². The summed E-state index contributed by atoms with van der Waals surface area (Å²) in [5.74, 6) is -1.36. The van der Waals surface area contributed by atoms with Crippen molar-refractivity contribution < 1.29 is 27.5 Å². The van der Waals surface area contributed by atoms with Crippen molar-refractivity contribution in [1.29, 1.82) is 0 Å². The van der Waals surface area contributed by atoms with E-state index in [-0.39, 0.29) is 19.0 Å². The summed E-state index contributed by atoms with van der Waals surface area (Å²) in [5, 5.41) is 0. The van der Waals surface area contributed by atoms with Crippen LogP contribution >= 0.6 is 0 Å². The molecule has 2 amide bonds. The lowest BCUT2D eigenvalue weighted by Crippen LogP contribution is -2.60. The third kappa shape index (κ3) is 5.33. The first-order valence-corrected chi connectivity index (χ1v) is 9.18. The lowest BCUT2D eigenvalue weighted by molar-refractivity contribution is -0.165. The quantitative estimate of drug-likeness (QED) is 0.786. The van der Waals surface area contributed by atoms with Crippen LogP contribution in [0.15, 0.2) is 0 Å². The van der Waals surface area contributed by atoms with Crippen molar-refractivity contribution in [3.63, 3.8) is 0 Å². The molecule has 0 bridgehead atoms. The molecule has 0 aliphatic carbocycles. The molecule has 26 heavy (non-hydrogen) atoms. The Hall–Kier alpha value is -1.35. The predicted octanol–water partition coefficient (Wildman–Crippen LogP) is 1.53. The van der Waals surface area contributed by atoms with Crippen LogP contribution in [-0.4, -0.2) is 72.7 Å². The van der Waals surface area contributed by atoms with Crippen LogP contribution in [0.1, 0.15) is 39.0 Å². The van der Waals surface area contributed by atoms with E-state index < -0.39 is 30.1 Å². The summed E-state index contributed by atoms with van der Waals surface area (Å²) < 4.78 is 43.6. The zero-order chi connectivity index (χ0) is 19.4. The van der Waals surface area contributed by atoms with Gasteiger partial charge in [-0.05, 0) is 32.1 Å². The van der Waals surface area contributed by atoms with E-state index in [9.17, 15) is 22.8 Å². The molecule has 0 saturated carbocycles. The van der Waals surface area contributed by atoms with Gasteiger partial charge in [-0.2, -0.15) is 13.2 Å². The van der Waals surface area contributed by atoms with E-state index in [4.69, 9.17) is 10.5 Å². The normalized spacial score (nSPS) is 23.6. The Balaban J connectivity index is 2.03. The highest BCUT2D eigenvalue weighted by Gasteiger charge is 2.42. The molecular weight excluding hydrogens is 351 g/mol. The standard InChI is InChI=1S/C17H28F3N3O3/c1-2-7-23(12-17(18,19)20)14(24)13-4-3-8-22(11-13)15(25)16(21)5-9-26-10-6-16/h13H,2-12,21H2,1H3. The third-order valence-corrected chi connectivity index (χ3v) is 5.04. The molecule has 150 valence electrons. The molecule has 1 atom stereocenters. The van der Waals surface area contributed by atoms with E-state index in [0.717, 1.165) is 4.90 Å². The number of carbonyl (C=O) groups is 2. The number of hydrogen-bond acceptors (Lipinski definition) is 4. The van der Waals surface area contributed by atoms with Gasteiger partial charge in [0.15, 0.2) is 0 Å². The second kappa shape index (κ2) is 8.56. The van der Waals surface area contributed by atoms with E-state index in [0.29, 0.717) is 51.9 Å². The Morgan fingerprint density at radius 2 is 1.96 bits per heavy atom. The number of rotatable bonds is 5. The van der Waals surface area contributed by atoms with Crippen LogP contribution in [0.3, 0.4) is 0 Å². The molecule has 2 saturated heterocycles. The number of nitrogens with zero attached hydrogens (tertiary/aromatic N) is 2. The number of piperidine rings is 1. The molecule has 2 N–H and O–H groups in total. The van der Waals surface area contributed by atoms with Crippen LogP contribution in [-0.2, 0) is 14.3 Å². The van der Waals surface area contributed by atoms with E-state index in [1.54, 1.807) is 11.8 Å². The smallest absolute Gasteiger partial charge is 0.381 e. The fourth-order valence-corrected chi connectivity index (χ4v) is 3.64. The molecule has 2 heterocycles. The van der Waals surface area contributed by atoms with Gasteiger partial charge in [-0.25, -0.2) is 0 Å². The van der Waals surface area contributed by atoms with Crippen molar-refractivity contribution in [3.05, 3.63) is 0 Å². The van der Waals surface area contributed by atoms with E-state index in [1.165, 1.54) is 0 Å². The Labute approximate surface area is 151 Å². The van der Waals surface area contributed by atoms with Gasteiger partial charge in [0.05, 0.1) is 11.5 Å². The summed E-state index contributed by atoms with van der Waals surface area (Å²) >= 11 is 0. The highest BCUT2D eigenvalue weighted by atomic mass is 19.4. The van der Waals surface area contributed by atoms with E-state index >= 15 is 0 Å². The molecule has 2 aliphatic heterocycles. The first-order chi connectivity index (χ1) is 12.2. The summed E-state index contributed by atoms with van der Waals surface area (Å²) in [6, 6.07) is 0. The minimum absolute atomic E-state index is 0.0565. The van der Waals surface area contributed by atoms with Gasteiger partial charge in [0.2, 0.25) is 11.8 Å². The van der Waals surface area contributed by atoms with Gasteiger partial charge in [-0.3, -0.25) is 9.59 Å². The summed E-state index contributed by atoms with van der Waals surface area (Å²) in [5.41, 5.74) is 5.23. The Kier molecular flexibility index (Phi) is 6.90. The van der Waals surface area contributed by atoms with Crippen molar-refractivity contribution in [1.82, 2.24) is 9.80 Å². The van der Waals surface area contributed by atoms with Crippen LogP contribution in [0.25, 0.3) is 0 Å². The molecule has 0 aromatic heterocycles. The van der Waals surface area contributed by atoms with Crippen LogP contribution in [0, 0.1) is 5.92 Å². The van der Waals surface area contributed by atoms with Crippen LogP contribution in [0.4, 0.5) is 13.2 Å². The zero-order valence-electron chi connectivity index (χ0n) is 15.2. The maximum Gasteiger partial charge on any atom is 0.406 e. The molecule has 0 radical (unpaired) electrons. The number of carbonyl (C=O) groups excluding carboxylic acids is 2. The third-order valence-electron chi connectivity index (χ3n) is 5.04. The molecule has 9 heteroatoms. The van der Waals surface area contributed by atoms with Crippen LogP contribution < -0.4 is 5.73 Å². The van der Waals surface area contributed by atoms with Gasteiger partial charge in [0, 0.05) is 32.8 Å². The zero-order valence-corrected chi connectivity index (χ0v) is 15.2. The van der Waals surface area contributed by atoms with E-state index in [2.05, 4.69) is 0 Å². The number of likely N-dealkylation sites (tertiary alicyclic amines) is 1. The molecule has 0 aromatic rings. The molecule has 0 aromatic carbocycles. The lowest BCUT2D eigenvalue weighted by atomic mass is 9.87. The Morgan fingerprint density at radius 3 is 2.54 bits per heavy atom. The highest BCUT2D eigenvalue weighted by Crippen LogP contribution is 2.26. The maximum absolute atomic E-state index is 12.8. The minimum atomic E-state index is -4.43. The molecule has 1 unspecified atom stereocenters. The number of halogens is 3. The van der Waals surface area contributed by atoms with Crippen molar-refractivity contribution in [2.75, 3.05) is 39.4 Å². The summed E-state index contributed by atoms with van der Waals surface area (Å²) in [7, 11) is 0. The monoisotopic (exact) mass is 379 g/mol. The van der Waals surface area contributed by atoms with Crippen molar-refractivity contribution in [3.8, 4) is 0 Å². The van der Waals surface area contributed by atoms with Gasteiger partial charge in [-0.1, -0.05) is 6.92 Å². The fourth-order valence-electron chi connectivity index (χ4n) is 3.64. The van der Waals surface area contributed by atoms with Gasteiger partial charge in [0.1, 0.15) is 6.54 Å². The Bertz CT molecular complexity index is 507. The molecular formula is C17H28F3N3O3. The average molecular weight is 379 g/mol.